The van der Waals surface area contributed by atoms with E-state index in [1.165, 1.54) is 13.3 Å². The molecular weight excluding hydrogens is 576 g/mol. The number of aliphatic hydroxyl groups is 1. The second-order valence-corrected chi connectivity index (χ2v) is 17.3. The Balaban J connectivity index is 1.27. The van der Waals surface area contributed by atoms with E-state index < -0.39 is 41.8 Å². The van der Waals surface area contributed by atoms with Gasteiger partial charge < -0.3 is 33.5 Å². The van der Waals surface area contributed by atoms with Crippen molar-refractivity contribution in [2.45, 2.75) is 143 Å². The van der Waals surface area contributed by atoms with Crippen LogP contribution in [0.3, 0.4) is 0 Å². The molecule has 1 N–H and O–H groups in total. The first-order valence-electron chi connectivity index (χ1n) is 17.3. The van der Waals surface area contributed by atoms with Crippen molar-refractivity contribution >= 4 is 11.8 Å². The smallest absolute Gasteiger partial charge is 0.303 e. The molecule has 1 aliphatic heterocycles. The molecule has 1 saturated heterocycles. The molecule has 0 aromatic carbocycles. The van der Waals surface area contributed by atoms with Crippen molar-refractivity contribution in [3.8, 4) is 0 Å². The lowest BCUT2D eigenvalue weighted by Crippen LogP contribution is -2.59. The summed E-state index contributed by atoms with van der Waals surface area (Å²) in [4.78, 5) is 27.0. The maximum atomic E-state index is 14.9. The zero-order valence-corrected chi connectivity index (χ0v) is 29.3. The van der Waals surface area contributed by atoms with E-state index in [1.807, 2.05) is 0 Å². The number of hydrogen-bond donors (Lipinski definition) is 1. The predicted molar refractivity (Wildman–Crippen MR) is 166 cm³/mol. The van der Waals surface area contributed by atoms with Crippen molar-refractivity contribution in [2.24, 2.45) is 50.7 Å². The average molecular weight is 635 g/mol. The van der Waals surface area contributed by atoms with Crippen LogP contribution in [0.15, 0.2) is 0 Å². The maximum absolute atomic E-state index is 14.9. The number of esters is 1. The molecule has 6 fully saturated rings. The van der Waals surface area contributed by atoms with Crippen LogP contribution in [0.1, 0.15) is 107 Å². The third-order valence-corrected chi connectivity index (χ3v) is 14.6. The summed E-state index contributed by atoms with van der Waals surface area (Å²) in [6.45, 7) is 15.6. The van der Waals surface area contributed by atoms with Crippen LogP contribution in [0.2, 0.25) is 0 Å². The van der Waals surface area contributed by atoms with Gasteiger partial charge >= 0.3 is 5.97 Å². The number of hydrogen-bond acceptors (Lipinski definition) is 9. The summed E-state index contributed by atoms with van der Waals surface area (Å²) >= 11 is 0. The van der Waals surface area contributed by atoms with Crippen LogP contribution in [0.5, 0.6) is 0 Å². The van der Waals surface area contributed by atoms with Gasteiger partial charge in [0, 0.05) is 32.5 Å². The van der Waals surface area contributed by atoms with Crippen molar-refractivity contribution in [1.29, 1.82) is 0 Å². The van der Waals surface area contributed by atoms with E-state index in [4.69, 9.17) is 28.4 Å². The van der Waals surface area contributed by atoms with Gasteiger partial charge in [-0.25, -0.2) is 0 Å². The summed E-state index contributed by atoms with van der Waals surface area (Å²) in [6.07, 6.45) is 6.28. The first kappa shape index (κ1) is 33.8. The number of fused-ring (bicyclic) bond motifs is 4. The van der Waals surface area contributed by atoms with E-state index in [2.05, 4.69) is 34.6 Å². The molecule has 0 radical (unpaired) electrons. The second-order valence-electron chi connectivity index (χ2n) is 17.3. The summed E-state index contributed by atoms with van der Waals surface area (Å²) in [5.74, 6) is 0.909. The third-order valence-electron chi connectivity index (χ3n) is 14.6. The van der Waals surface area contributed by atoms with Crippen molar-refractivity contribution in [3.63, 3.8) is 0 Å². The Morgan fingerprint density at radius 1 is 1.04 bits per heavy atom. The van der Waals surface area contributed by atoms with Gasteiger partial charge in [-0.3, -0.25) is 9.59 Å². The van der Waals surface area contributed by atoms with Gasteiger partial charge in [0.2, 0.25) is 0 Å². The number of Topliss-reactive ketones (excluding diaryl/α,β-unsaturated/α-hetero) is 1. The normalized spacial score (nSPS) is 47.8. The minimum absolute atomic E-state index is 0.0108. The lowest BCUT2D eigenvalue weighted by molar-refractivity contribution is -0.335. The van der Waals surface area contributed by atoms with E-state index in [0.717, 1.165) is 38.5 Å². The highest BCUT2D eigenvalue weighted by molar-refractivity contribution is 5.93. The van der Waals surface area contributed by atoms with Gasteiger partial charge in [0.1, 0.15) is 6.10 Å². The van der Waals surface area contributed by atoms with E-state index in [-0.39, 0.29) is 52.2 Å². The number of rotatable bonds is 9. The van der Waals surface area contributed by atoms with Crippen LogP contribution in [-0.2, 0) is 38.0 Å². The Morgan fingerprint density at radius 2 is 1.71 bits per heavy atom. The number of methoxy groups -OCH3 is 2. The van der Waals surface area contributed by atoms with E-state index in [1.54, 1.807) is 28.1 Å². The quantitative estimate of drug-likeness (QED) is 0.254. The Bertz CT molecular complexity index is 1180. The Kier molecular flexibility index (Phi) is 8.23. The van der Waals surface area contributed by atoms with E-state index in [9.17, 15) is 14.7 Å². The molecule has 6 aliphatic rings. The predicted octanol–water partition coefficient (Wildman–Crippen LogP) is 5.65. The molecule has 256 valence electrons. The van der Waals surface area contributed by atoms with Crippen LogP contribution in [0.4, 0.5) is 0 Å². The Morgan fingerprint density at radius 3 is 2.33 bits per heavy atom. The molecular formula is C36H58O9. The van der Waals surface area contributed by atoms with Crippen LogP contribution >= 0.6 is 0 Å². The number of ketones is 1. The standard InChI is InChI=1S/C36H58O9/c1-20-17-22(29(32(5,6)39)43-21(2)37)44-27-26(20)33(7)15-16-36-18-35(36)14-13-25(45-30(41-10)42-19-40-9)31(3,4)23(35)11-12-24(36)34(33,8)28(27)38/h20,22-27,29-30,39H,11-19H2,1-10H3/t20-,22-,23+,24+,25?,26+,27+,29+,30+,33-,34-,35?,36+/m1/s1. The highest BCUT2D eigenvalue weighted by atomic mass is 16.9. The van der Waals surface area contributed by atoms with Crippen LogP contribution in [0, 0.1) is 50.7 Å². The van der Waals surface area contributed by atoms with Gasteiger partial charge in [0.15, 0.2) is 18.7 Å². The number of carbonyl (C=O) groups excluding carboxylic acids is 2. The van der Waals surface area contributed by atoms with Crippen LogP contribution in [-0.4, -0.2) is 74.4 Å². The zero-order chi connectivity index (χ0) is 33.0. The van der Waals surface area contributed by atoms with Gasteiger partial charge in [-0.1, -0.05) is 34.6 Å². The third kappa shape index (κ3) is 4.60. The summed E-state index contributed by atoms with van der Waals surface area (Å²) in [5, 5.41) is 11.0. The summed E-state index contributed by atoms with van der Waals surface area (Å²) in [6, 6.07) is 0. The van der Waals surface area contributed by atoms with Crippen molar-refractivity contribution in [1.82, 2.24) is 0 Å². The highest BCUT2D eigenvalue weighted by Gasteiger charge is 2.85. The molecule has 45 heavy (non-hydrogen) atoms. The average Bonchev–Trinajstić information content (AvgIpc) is 3.59. The first-order chi connectivity index (χ1) is 20.9. The van der Waals surface area contributed by atoms with Gasteiger partial charge in [-0.2, -0.15) is 0 Å². The van der Waals surface area contributed by atoms with Crippen molar-refractivity contribution in [2.75, 3.05) is 21.0 Å². The molecule has 0 amide bonds. The number of ether oxygens (including phenoxy) is 6. The summed E-state index contributed by atoms with van der Waals surface area (Å²) < 4.78 is 35.0. The van der Waals surface area contributed by atoms with Crippen LogP contribution in [0.25, 0.3) is 0 Å². The van der Waals surface area contributed by atoms with Crippen molar-refractivity contribution < 1.29 is 43.1 Å². The molecule has 6 rings (SSSR count). The minimum atomic E-state index is -1.29. The molecule has 9 nitrogen and oxygen atoms in total. The molecule has 2 unspecified atom stereocenters. The molecule has 2 spiro atoms. The molecule has 13 atom stereocenters. The first-order valence-corrected chi connectivity index (χ1v) is 17.3. The lowest BCUT2D eigenvalue weighted by Gasteiger charge is -2.62. The molecule has 9 heteroatoms. The fourth-order valence-electron chi connectivity index (χ4n) is 12.7. The van der Waals surface area contributed by atoms with Gasteiger partial charge in [-0.05, 0) is 105 Å². The maximum Gasteiger partial charge on any atom is 0.303 e. The van der Waals surface area contributed by atoms with Crippen LogP contribution < -0.4 is 0 Å². The molecule has 5 aliphatic carbocycles. The molecule has 1 heterocycles. The lowest BCUT2D eigenvalue weighted by atomic mass is 9.41. The van der Waals surface area contributed by atoms with E-state index >= 15 is 0 Å². The minimum Gasteiger partial charge on any atom is -0.457 e. The summed E-state index contributed by atoms with van der Waals surface area (Å²) in [5.41, 5.74) is -1.62. The molecule has 5 saturated carbocycles. The monoisotopic (exact) mass is 634 g/mol. The molecule has 0 aromatic rings. The Labute approximate surface area is 269 Å². The topological polar surface area (TPSA) is 110 Å². The zero-order valence-electron chi connectivity index (χ0n) is 29.3. The molecule has 0 bridgehead atoms. The molecule has 0 aromatic heterocycles. The van der Waals surface area contributed by atoms with Gasteiger partial charge in [0.25, 0.3) is 6.48 Å². The van der Waals surface area contributed by atoms with Crippen molar-refractivity contribution in [3.05, 3.63) is 0 Å². The summed E-state index contributed by atoms with van der Waals surface area (Å²) in [7, 11) is 3.19. The highest BCUT2D eigenvalue weighted by Crippen LogP contribution is 2.89. The van der Waals surface area contributed by atoms with E-state index in [0.29, 0.717) is 18.3 Å². The van der Waals surface area contributed by atoms with Gasteiger partial charge in [-0.15, -0.1) is 0 Å². The fraction of sp³-hybridized carbons (Fsp3) is 0.944. The number of carbonyl (C=O) groups is 2. The largest absolute Gasteiger partial charge is 0.457 e. The second kappa shape index (κ2) is 11.0. The SMILES string of the molecule is COCO[C@H](OC)OC1CCC23C[C@]24CC[C@]2(C)[C@H]5[C@H](C)C[C@H]([C@H](OC(C)=O)C(C)(C)O)O[C@@H]5C(=O)[C@@]2(C)[C@@H]4CC[C@H]3C1(C)C. The van der Waals surface area contributed by atoms with Gasteiger partial charge in [0.05, 0.1) is 17.8 Å². The fourth-order valence-corrected chi connectivity index (χ4v) is 12.7. The Hall–Kier alpha value is -1.10.